The molecule has 6 heteroatoms. The summed E-state index contributed by atoms with van der Waals surface area (Å²) >= 11 is 0. The van der Waals surface area contributed by atoms with Gasteiger partial charge in [0.05, 0.1) is 6.10 Å². The zero-order chi connectivity index (χ0) is 17.9. The van der Waals surface area contributed by atoms with Crippen LogP contribution in [0.4, 0.5) is 11.6 Å². The van der Waals surface area contributed by atoms with Crippen LogP contribution in [0.5, 0.6) is 0 Å². The first kappa shape index (κ1) is 17.2. The molecule has 1 unspecified atom stereocenters. The van der Waals surface area contributed by atoms with Crippen molar-refractivity contribution in [2.45, 2.75) is 24.9 Å². The van der Waals surface area contributed by atoms with Gasteiger partial charge in [-0.3, -0.25) is 0 Å². The van der Waals surface area contributed by atoms with E-state index < -0.39 is 6.10 Å². The van der Waals surface area contributed by atoms with Crippen molar-refractivity contribution < 1.29 is 5.11 Å². The number of rotatable bonds is 6. The summed E-state index contributed by atoms with van der Waals surface area (Å²) in [4.78, 5) is 13.3. The minimum absolute atomic E-state index is 0.447. The summed E-state index contributed by atoms with van der Waals surface area (Å²) in [5.41, 5.74) is 2.33. The third-order valence-electron chi connectivity index (χ3n) is 5.33. The molecule has 1 atom stereocenters. The van der Waals surface area contributed by atoms with Crippen LogP contribution >= 0.6 is 0 Å². The van der Waals surface area contributed by atoms with E-state index in [1.807, 2.05) is 18.2 Å². The molecular formula is C20H27N5O. The maximum Gasteiger partial charge on any atom is 0.134 e. The van der Waals surface area contributed by atoms with Crippen LogP contribution in [-0.4, -0.2) is 59.7 Å². The van der Waals surface area contributed by atoms with Gasteiger partial charge < -0.3 is 20.2 Å². The van der Waals surface area contributed by atoms with E-state index in [0.29, 0.717) is 12.5 Å². The van der Waals surface area contributed by atoms with Gasteiger partial charge in [-0.25, -0.2) is 9.97 Å². The zero-order valence-electron chi connectivity index (χ0n) is 15.3. The summed E-state index contributed by atoms with van der Waals surface area (Å²) in [5, 5.41) is 13.9. The summed E-state index contributed by atoms with van der Waals surface area (Å²) in [6.07, 6.45) is 3.53. The van der Waals surface area contributed by atoms with E-state index in [0.717, 1.165) is 43.4 Å². The third kappa shape index (κ3) is 3.97. The number of anilines is 2. The summed E-state index contributed by atoms with van der Waals surface area (Å²) in [6, 6.07) is 10.2. The minimum Gasteiger partial charge on any atom is -0.387 e. The van der Waals surface area contributed by atoms with Gasteiger partial charge in [0, 0.05) is 38.8 Å². The molecule has 0 bridgehead atoms. The molecule has 1 saturated carbocycles. The highest BCUT2D eigenvalue weighted by atomic mass is 16.3. The van der Waals surface area contributed by atoms with Crippen molar-refractivity contribution in [3.63, 3.8) is 0 Å². The number of nitrogens with zero attached hydrogens (tertiary/aromatic N) is 4. The van der Waals surface area contributed by atoms with E-state index in [4.69, 9.17) is 0 Å². The molecule has 2 aliphatic rings. The minimum atomic E-state index is -0.533. The maximum absolute atomic E-state index is 10.7. The molecule has 1 aromatic carbocycles. The Morgan fingerprint density at radius 3 is 2.69 bits per heavy atom. The van der Waals surface area contributed by atoms with Gasteiger partial charge in [0.15, 0.2) is 0 Å². The van der Waals surface area contributed by atoms with Gasteiger partial charge in [0.25, 0.3) is 0 Å². The van der Waals surface area contributed by atoms with Crippen LogP contribution < -0.4 is 10.2 Å². The van der Waals surface area contributed by atoms with Crippen molar-refractivity contribution in [3.8, 4) is 0 Å². The average Bonchev–Trinajstić information content (AvgIpc) is 3.52. The van der Waals surface area contributed by atoms with Gasteiger partial charge >= 0.3 is 0 Å². The summed E-state index contributed by atoms with van der Waals surface area (Å²) in [7, 11) is 2.14. The highest BCUT2D eigenvalue weighted by Crippen LogP contribution is 2.42. The van der Waals surface area contributed by atoms with Crippen molar-refractivity contribution >= 4 is 11.6 Å². The fraction of sp³-hybridized carbons (Fsp3) is 0.500. The molecule has 2 fully saturated rings. The van der Waals surface area contributed by atoms with E-state index in [2.05, 4.69) is 44.3 Å². The quantitative estimate of drug-likeness (QED) is 0.830. The van der Waals surface area contributed by atoms with Gasteiger partial charge in [0.2, 0.25) is 0 Å². The van der Waals surface area contributed by atoms with Crippen molar-refractivity contribution in [2.24, 2.45) is 0 Å². The molecule has 1 saturated heterocycles. The Bertz CT molecular complexity index is 740. The summed E-state index contributed by atoms with van der Waals surface area (Å²) in [6.45, 7) is 4.49. The molecule has 2 heterocycles. The molecule has 26 heavy (non-hydrogen) atoms. The topological polar surface area (TPSA) is 64.5 Å². The second-order valence-electron chi connectivity index (χ2n) is 7.35. The number of aliphatic hydroxyl groups is 1. The zero-order valence-corrected chi connectivity index (χ0v) is 15.3. The number of piperazine rings is 1. The van der Waals surface area contributed by atoms with E-state index in [9.17, 15) is 5.11 Å². The van der Waals surface area contributed by atoms with E-state index in [-0.39, 0.29) is 0 Å². The number of benzene rings is 1. The molecular weight excluding hydrogens is 326 g/mol. The highest BCUT2D eigenvalue weighted by Gasteiger charge is 2.27. The van der Waals surface area contributed by atoms with E-state index >= 15 is 0 Å². The smallest absolute Gasteiger partial charge is 0.134 e. The Morgan fingerprint density at radius 2 is 1.92 bits per heavy atom. The Balaban J connectivity index is 1.39. The first-order chi connectivity index (χ1) is 12.7. The van der Waals surface area contributed by atoms with Crippen LogP contribution in [0.1, 0.15) is 36.0 Å². The molecule has 0 radical (unpaired) electrons. The second-order valence-corrected chi connectivity index (χ2v) is 7.35. The molecule has 1 aliphatic heterocycles. The number of nitrogens with one attached hydrogen (secondary N) is 1. The van der Waals surface area contributed by atoms with Crippen molar-refractivity contribution in [1.82, 2.24) is 14.9 Å². The molecule has 1 aromatic heterocycles. The summed E-state index contributed by atoms with van der Waals surface area (Å²) in [5.74, 6) is 2.34. The Hall–Kier alpha value is -2.18. The van der Waals surface area contributed by atoms with Crippen LogP contribution in [0.15, 0.2) is 36.7 Å². The third-order valence-corrected chi connectivity index (χ3v) is 5.33. The number of likely N-dealkylation sites (N-methyl/N-ethyl adjacent to an activating group) is 1. The van der Waals surface area contributed by atoms with E-state index in [1.165, 1.54) is 18.4 Å². The molecule has 6 nitrogen and oxygen atoms in total. The lowest BCUT2D eigenvalue weighted by molar-refractivity contribution is 0.190. The largest absolute Gasteiger partial charge is 0.387 e. The second kappa shape index (κ2) is 7.60. The standard InChI is InChI=1S/C20H27N5O/c1-24-8-10-25(11-9-24)20-12-19(22-14-23-20)21-13-18(26)17-5-3-2-4-16(17)15-6-7-15/h2-5,12,14-15,18,26H,6-11,13H2,1H3,(H,21,22,23). The normalized spacial score (nSPS) is 19.4. The van der Waals surface area contributed by atoms with Crippen LogP contribution in [0.25, 0.3) is 0 Å². The van der Waals surface area contributed by atoms with Gasteiger partial charge in [-0.2, -0.15) is 0 Å². The summed E-state index contributed by atoms with van der Waals surface area (Å²) < 4.78 is 0. The molecule has 2 aromatic rings. The molecule has 4 rings (SSSR count). The van der Waals surface area contributed by atoms with Crippen molar-refractivity contribution in [1.29, 1.82) is 0 Å². The lowest BCUT2D eigenvalue weighted by Gasteiger charge is -2.33. The van der Waals surface area contributed by atoms with Crippen LogP contribution in [0, 0.1) is 0 Å². The molecule has 1 aliphatic carbocycles. The molecule has 0 amide bonds. The number of aromatic nitrogens is 2. The monoisotopic (exact) mass is 353 g/mol. The van der Waals surface area contributed by atoms with Crippen molar-refractivity contribution in [3.05, 3.63) is 47.8 Å². The lowest BCUT2D eigenvalue weighted by atomic mass is 9.99. The van der Waals surface area contributed by atoms with Crippen molar-refractivity contribution in [2.75, 3.05) is 50.0 Å². The van der Waals surface area contributed by atoms with E-state index in [1.54, 1.807) is 6.33 Å². The number of hydrogen-bond acceptors (Lipinski definition) is 6. The SMILES string of the molecule is CN1CCN(c2cc(NCC(O)c3ccccc3C3CC3)ncn2)CC1. The molecule has 2 N–H and O–H groups in total. The van der Waals surface area contributed by atoms with Crippen LogP contribution in [0.3, 0.4) is 0 Å². The van der Waals surface area contributed by atoms with Gasteiger partial charge in [-0.1, -0.05) is 24.3 Å². The predicted octanol–water partition coefficient (Wildman–Crippen LogP) is 2.25. The van der Waals surface area contributed by atoms with Gasteiger partial charge in [-0.15, -0.1) is 0 Å². The fourth-order valence-corrected chi connectivity index (χ4v) is 3.54. The first-order valence-corrected chi connectivity index (χ1v) is 9.47. The molecule has 138 valence electrons. The average molecular weight is 353 g/mol. The lowest BCUT2D eigenvalue weighted by Crippen LogP contribution is -2.44. The van der Waals surface area contributed by atoms with Gasteiger partial charge in [-0.05, 0) is 36.9 Å². The number of hydrogen-bond donors (Lipinski definition) is 2. The Kier molecular flexibility index (Phi) is 5.04. The highest BCUT2D eigenvalue weighted by molar-refractivity contribution is 5.49. The van der Waals surface area contributed by atoms with Crippen LogP contribution in [-0.2, 0) is 0 Å². The Labute approximate surface area is 154 Å². The Morgan fingerprint density at radius 1 is 1.15 bits per heavy atom. The molecule has 0 spiro atoms. The predicted molar refractivity (Wildman–Crippen MR) is 104 cm³/mol. The maximum atomic E-state index is 10.7. The van der Waals surface area contributed by atoms with Gasteiger partial charge in [0.1, 0.15) is 18.0 Å². The van der Waals surface area contributed by atoms with Crippen LogP contribution in [0.2, 0.25) is 0 Å². The first-order valence-electron chi connectivity index (χ1n) is 9.47. The number of aliphatic hydroxyl groups excluding tert-OH is 1. The fourth-order valence-electron chi connectivity index (χ4n) is 3.54.